The summed E-state index contributed by atoms with van der Waals surface area (Å²) in [7, 11) is 0. The molecule has 0 saturated heterocycles. The zero-order chi connectivity index (χ0) is 13.1. The summed E-state index contributed by atoms with van der Waals surface area (Å²) in [6.07, 6.45) is 2.07. The van der Waals surface area contributed by atoms with E-state index in [0.717, 1.165) is 5.56 Å². The zero-order valence-electron chi connectivity index (χ0n) is 9.66. The minimum atomic E-state index is -0.349. The van der Waals surface area contributed by atoms with Crippen molar-refractivity contribution in [2.24, 2.45) is 5.10 Å². The molecular weight excluding hydrogens is 256 g/mol. The first kappa shape index (κ1) is 12.5. The van der Waals surface area contributed by atoms with E-state index in [1.54, 1.807) is 13.0 Å². The summed E-state index contributed by atoms with van der Waals surface area (Å²) in [4.78, 5) is 26.6. The fourth-order valence-corrected chi connectivity index (χ4v) is 1.57. The molecule has 0 unspecified atom stereocenters. The topological polar surface area (TPSA) is 83.5 Å². The van der Waals surface area contributed by atoms with Crippen molar-refractivity contribution >= 4 is 34.8 Å². The van der Waals surface area contributed by atoms with E-state index in [9.17, 15) is 9.59 Å². The number of hydrazone groups is 1. The van der Waals surface area contributed by atoms with Crippen LogP contribution in [-0.4, -0.2) is 22.5 Å². The van der Waals surface area contributed by atoms with Crippen molar-refractivity contribution in [3.05, 3.63) is 23.0 Å². The molecule has 0 spiro atoms. The van der Waals surface area contributed by atoms with Gasteiger partial charge in [-0.15, -0.1) is 0 Å². The Kier molecular flexibility index (Phi) is 3.57. The van der Waals surface area contributed by atoms with E-state index >= 15 is 0 Å². The van der Waals surface area contributed by atoms with Gasteiger partial charge in [0.2, 0.25) is 5.91 Å². The second kappa shape index (κ2) is 5.14. The maximum atomic E-state index is 11.8. The van der Waals surface area contributed by atoms with Crippen LogP contribution in [0.5, 0.6) is 0 Å². The van der Waals surface area contributed by atoms with Crippen molar-refractivity contribution in [1.82, 2.24) is 10.4 Å². The summed E-state index contributed by atoms with van der Waals surface area (Å²) in [5, 5.41) is 6.76. The van der Waals surface area contributed by atoms with Crippen molar-refractivity contribution in [3.63, 3.8) is 0 Å². The van der Waals surface area contributed by atoms with Crippen LogP contribution >= 0.6 is 11.6 Å². The first-order valence-corrected chi connectivity index (χ1v) is 5.73. The number of nitrogens with one attached hydrogen (secondary N) is 2. The number of hydrogen-bond donors (Lipinski definition) is 2. The predicted octanol–water partition coefficient (Wildman–Crippen LogP) is 1.25. The third-order valence-electron chi connectivity index (χ3n) is 2.44. The summed E-state index contributed by atoms with van der Waals surface area (Å²) in [5.41, 5.74) is 3.88. The SMILES string of the molecule is Cc1cc(NC(=O)C2=NNC(=O)CC2)cnc1Cl. The standard InChI is InChI=1S/C11H11ClN4O2/c1-6-4-7(5-13-10(6)12)14-11(18)8-2-3-9(17)16-15-8/h4-5H,2-3H2,1H3,(H,14,18)(H,16,17). The van der Waals surface area contributed by atoms with Crippen LogP contribution in [0.2, 0.25) is 5.15 Å². The maximum absolute atomic E-state index is 11.8. The highest BCUT2D eigenvalue weighted by molar-refractivity contribution is 6.43. The average Bonchev–Trinajstić information content (AvgIpc) is 2.34. The van der Waals surface area contributed by atoms with Crippen molar-refractivity contribution < 1.29 is 9.59 Å². The van der Waals surface area contributed by atoms with Crippen LogP contribution in [0.3, 0.4) is 0 Å². The number of aromatic nitrogens is 1. The molecule has 2 rings (SSSR count). The summed E-state index contributed by atoms with van der Waals surface area (Å²) in [6, 6.07) is 1.72. The smallest absolute Gasteiger partial charge is 0.271 e. The Morgan fingerprint density at radius 2 is 2.28 bits per heavy atom. The van der Waals surface area contributed by atoms with Crippen LogP contribution in [0, 0.1) is 6.92 Å². The Hall–Kier alpha value is -1.95. The van der Waals surface area contributed by atoms with Gasteiger partial charge in [-0.1, -0.05) is 11.6 Å². The molecule has 1 aromatic rings. The molecule has 0 fully saturated rings. The minimum absolute atomic E-state index is 0.185. The first-order chi connectivity index (χ1) is 8.56. The molecule has 0 bridgehead atoms. The summed E-state index contributed by atoms with van der Waals surface area (Å²) < 4.78 is 0. The molecule has 0 aromatic carbocycles. The molecule has 1 aliphatic heterocycles. The third kappa shape index (κ3) is 2.84. The van der Waals surface area contributed by atoms with Crippen LogP contribution in [0.1, 0.15) is 18.4 Å². The molecule has 0 aliphatic carbocycles. The zero-order valence-corrected chi connectivity index (χ0v) is 10.4. The van der Waals surface area contributed by atoms with Crippen molar-refractivity contribution in [3.8, 4) is 0 Å². The van der Waals surface area contributed by atoms with Crippen molar-refractivity contribution in [1.29, 1.82) is 0 Å². The highest BCUT2D eigenvalue weighted by Gasteiger charge is 2.18. The first-order valence-electron chi connectivity index (χ1n) is 5.35. The number of nitrogens with zero attached hydrogens (tertiary/aromatic N) is 2. The van der Waals surface area contributed by atoms with Gasteiger partial charge in [0.05, 0.1) is 11.9 Å². The normalized spacial score (nSPS) is 14.8. The number of carbonyl (C=O) groups excluding carboxylic acids is 2. The Morgan fingerprint density at radius 1 is 1.50 bits per heavy atom. The molecule has 2 amide bonds. The van der Waals surface area contributed by atoms with Gasteiger partial charge in [0, 0.05) is 12.8 Å². The number of halogens is 1. The van der Waals surface area contributed by atoms with Crippen molar-refractivity contribution in [2.75, 3.05) is 5.32 Å². The highest BCUT2D eigenvalue weighted by atomic mass is 35.5. The van der Waals surface area contributed by atoms with Gasteiger partial charge in [-0.05, 0) is 18.6 Å². The van der Waals surface area contributed by atoms with E-state index in [0.29, 0.717) is 23.0 Å². The second-order valence-corrected chi connectivity index (χ2v) is 4.24. The minimum Gasteiger partial charge on any atom is -0.319 e. The molecule has 2 heterocycles. The number of hydrogen-bond acceptors (Lipinski definition) is 4. The fourth-order valence-electron chi connectivity index (χ4n) is 1.47. The summed E-state index contributed by atoms with van der Waals surface area (Å²) >= 11 is 5.79. The van der Waals surface area contributed by atoms with Crippen LogP contribution in [0.4, 0.5) is 5.69 Å². The van der Waals surface area contributed by atoms with Gasteiger partial charge >= 0.3 is 0 Å². The molecule has 0 atom stereocenters. The van der Waals surface area contributed by atoms with E-state index in [1.165, 1.54) is 6.20 Å². The molecule has 6 nitrogen and oxygen atoms in total. The number of rotatable bonds is 2. The molecule has 2 N–H and O–H groups in total. The van der Waals surface area contributed by atoms with Crippen LogP contribution in [0.25, 0.3) is 0 Å². The Balaban J connectivity index is 2.07. The van der Waals surface area contributed by atoms with Crippen molar-refractivity contribution in [2.45, 2.75) is 19.8 Å². The van der Waals surface area contributed by atoms with Gasteiger partial charge < -0.3 is 5.32 Å². The van der Waals surface area contributed by atoms with E-state index in [-0.39, 0.29) is 18.2 Å². The molecule has 0 saturated carbocycles. The monoisotopic (exact) mass is 266 g/mol. The molecule has 94 valence electrons. The van der Waals surface area contributed by atoms with E-state index in [4.69, 9.17) is 11.6 Å². The molecule has 7 heteroatoms. The highest BCUT2D eigenvalue weighted by Crippen LogP contribution is 2.16. The lowest BCUT2D eigenvalue weighted by Crippen LogP contribution is -2.32. The number of amides is 2. The van der Waals surface area contributed by atoms with Crippen LogP contribution in [-0.2, 0) is 9.59 Å². The molecule has 1 aliphatic rings. The van der Waals surface area contributed by atoms with Gasteiger partial charge in [-0.2, -0.15) is 5.10 Å². The number of pyridine rings is 1. The van der Waals surface area contributed by atoms with E-state index in [1.807, 2.05) is 0 Å². The van der Waals surface area contributed by atoms with Gasteiger partial charge in [0.1, 0.15) is 10.9 Å². The van der Waals surface area contributed by atoms with Gasteiger partial charge in [0.25, 0.3) is 5.91 Å². The summed E-state index contributed by atoms with van der Waals surface area (Å²) in [5.74, 6) is -0.533. The Labute approximate surface area is 108 Å². The summed E-state index contributed by atoms with van der Waals surface area (Å²) in [6.45, 7) is 1.79. The van der Waals surface area contributed by atoms with E-state index < -0.39 is 0 Å². The molecular formula is C11H11ClN4O2. The van der Waals surface area contributed by atoms with Crippen LogP contribution < -0.4 is 10.7 Å². The molecule has 18 heavy (non-hydrogen) atoms. The maximum Gasteiger partial charge on any atom is 0.271 e. The second-order valence-electron chi connectivity index (χ2n) is 3.88. The third-order valence-corrected chi connectivity index (χ3v) is 2.83. The Morgan fingerprint density at radius 3 is 2.89 bits per heavy atom. The quantitative estimate of drug-likeness (QED) is 0.790. The molecule has 1 aromatic heterocycles. The molecule has 0 radical (unpaired) electrons. The lowest BCUT2D eigenvalue weighted by molar-refractivity contribution is -0.121. The fraction of sp³-hybridized carbons (Fsp3) is 0.273. The van der Waals surface area contributed by atoms with E-state index in [2.05, 4.69) is 20.8 Å². The Bertz CT molecular complexity index is 542. The lowest BCUT2D eigenvalue weighted by atomic mass is 10.1. The number of anilines is 1. The van der Waals surface area contributed by atoms with Crippen LogP contribution in [0.15, 0.2) is 17.4 Å². The average molecular weight is 267 g/mol. The predicted molar refractivity (Wildman–Crippen MR) is 67.4 cm³/mol. The largest absolute Gasteiger partial charge is 0.319 e. The van der Waals surface area contributed by atoms with Gasteiger partial charge in [-0.3, -0.25) is 9.59 Å². The number of carbonyl (C=O) groups is 2. The van der Waals surface area contributed by atoms with Gasteiger partial charge in [-0.25, -0.2) is 10.4 Å². The lowest BCUT2D eigenvalue weighted by Gasteiger charge is -2.12. The van der Waals surface area contributed by atoms with Gasteiger partial charge in [0.15, 0.2) is 0 Å². The number of aryl methyl sites for hydroxylation is 1.